The van der Waals surface area contributed by atoms with Gasteiger partial charge in [-0.05, 0) is 50.1 Å². The lowest BCUT2D eigenvalue weighted by Crippen LogP contribution is -2.41. The van der Waals surface area contributed by atoms with Gasteiger partial charge in [-0.25, -0.2) is 14.4 Å². The minimum Gasteiger partial charge on any atom is -0.354 e. The average Bonchev–Trinajstić information content (AvgIpc) is 2.76. The fraction of sp³-hybridized carbons (Fsp3) is 0.261. The van der Waals surface area contributed by atoms with Crippen molar-refractivity contribution >= 4 is 29.2 Å². The number of aromatic nitrogens is 2. The lowest BCUT2D eigenvalue weighted by molar-refractivity contribution is -0.120. The van der Waals surface area contributed by atoms with Gasteiger partial charge in [0.05, 0.1) is 5.92 Å². The smallest absolute Gasteiger partial charge is 0.229 e. The van der Waals surface area contributed by atoms with Gasteiger partial charge in [0.1, 0.15) is 10.8 Å². The molecule has 1 aromatic heterocycles. The summed E-state index contributed by atoms with van der Waals surface area (Å²) < 4.78 is 13.4. The van der Waals surface area contributed by atoms with Gasteiger partial charge in [0.2, 0.25) is 5.91 Å². The number of piperidine rings is 1. The van der Waals surface area contributed by atoms with Gasteiger partial charge in [-0.3, -0.25) is 4.79 Å². The molecule has 2 aromatic carbocycles. The average molecular weight is 423 g/mol. The molecule has 1 saturated heterocycles. The zero-order chi connectivity index (χ0) is 20.9. The Morgan fingerprint density at radius 3 is 2.77 bits per heavy atom. The van der Waals surface area contributed by atoms with E-state index in [9.17, 15) is 9.18 Å². The molecule has 0 aliphatic carbocycles. The predicted molar refractivity (Wildman–Crippen MR) is 117 cm³/mol. The Morgan fingerprint density at radius 2 is 1.97 bits per heavy atom. The summed E-state index contributed by atoms with van der Waals surface area (Å²) in [4.78, 5) is 25.1. The molecule has 7 heteroatoms. The van der Waals surface area contributed by atoms with Gasteiger partial charge in [0, 0.05) is 36.1 Å². The van der Waals surface area contributed by atoms with Gasteiger partial charge in [-0.15, -0.1) is 0 Å². The number of hydrogen-bond acceptors (Lipinski definition) is 5. The fourth-order valence-electron chi connectivity index (χ4n) is 3.52. The van der Waals surface area contributed by atoms with Gasteiger partial charge >= 0.3 is 0 Å². The van der Waals surface area contributed by atoms with Gasteiger partial charge in [-0.2, -0.15) is 0 Å². The molecule has 0 saturated carbocycles. The maximum absolute atomic E-state index is 13.4. The topological polar surface area (TPSA) is 58.1 Å². The van der Waals surface area contributed by atoms with Crippen LogP contribution in [0.4, 0.5) is 15.9 Å². The molecule has 1 aliphatic rings. The molecule has 30 heavy (non-hydrogen) atoms. The van der Waals surface area contributed by atoms with Crippen LogP contribution < -0.4 is 10.2 Å². The highest BCUT2D eigenvalue weighted by Crippen LogP contribution is 2.34. The van der Waals surface area contributed by atoms with Crippen LogP contribution in [0.2, 0.25) is 0 Å². The van der Waals surface area contributed by atoms with Crippen molar-refractivity contribution < 1.29 is 9.18 Å². The summed E-state index contributed by atoms with van der Waals surface area (Å²) in [6.45, 7) is 3.44. The molecule has 1 atom stereocenters. The van der Waals surface area contributed by atoms with E-state index in [1.54, 1.807) is 36.3 Å². The van der Waals surface area contributed by atoms with Gasteiger partial charge in [0.25, 0.3) is 0 Å². The van der Waals surface area contributed by atoms with Crippen LogP contribution in [0.1, 0.15) is 18.4 Å². The molecule has 1 fully saturated rings. The Hall–Kier alpha value is -2.93. The highest BCUT2D eigenvalue weighted by molar-refractivity contribution is 7.99. The molecule has 0 radical (unpaired) electrons. The Balaban J connectivity index is 1.48. The Morgan fingerprint density at radius 1 is 1.17 bits per heavy atom. The standard InChI is InChI=1S/C23H23FN4OS/c1-16-7-9-20(10-8-16)30-23-21(25-11-12-26-23)28-13-3-4-17(15-28)22(29)27-19-6-2-5-18(24)14-19/h2,5-12,14,17H,3-4,13,15H2,1H3,(H,27,29)/t17-/m1/s1. The molecular weight excluding hydrogens is 399 g/mol. The number of amides is 1. The van der Waals surface area contributed by atoms with Gasteiger partial charge in [-0.1, -0.05) is 35.5 Å². The predicted octanol–water partition coefficient (Wildman–Crippen LogP) is 4.93. The molecule has 4 rings (SSSR count). The Labute approximate surface area is 179 Å². The highest BCUT2D eigenvalue weighted by Gasteiger charge is 2.28. The van der Waals surface area contributed by atoms with Crippen LogP contribution in [0, 0.1) is 18.7 Å². The van der Waals surface area contributed by atoms with E-state index in [0.29, 0.717) is 12.2 Å². The number of nitrogens with zero attached hydrogens (tertiary/aromatic N) is 3. The van der Waals surface area contributed by atoms with Gasteiger partial charge in [0.15, 0.2) is 5.82 Å². The number of anilines is 2. The fourth-order valence-corrected chi connectivity index (χ4v) is 4.40. The van der Waals surface area contributed by atoms with Crippen LogP contribution in [0.5, 0.6) is 0 Å². The maximum atomic E-state index is 13.4. The SMILES string of the molecule is Cc1ccc(Sc2nccnc2N2CCC[C@@H](C(=O)Nc3cccc(F)c3)C2)cc1. The van der Waals surface area contributed by atoms with Crippen molar-refractivity contribution in [1.29, 1.82) is 0 Å². The minimum atomic E-state index is -0.365. The third-order valence-electron chi connectivity index (χ3n) is 5.07. The first-order valence-corrected chi connectivity index (χ1v) is 10.8. The molecule has 0 bridgehead atoms. The zero-order valence-corrected chi connectivity index (χ0v) is 17.5. The molecule has 2 heterocycles. The summed E-state index contributed by atoms with van der Waals surface area (Å²) in [5.41, 5.74) is 1.69. The normalized spacial score (nSPS) is 16.3. The molecule has 3 aromatic rings. The van der Waals surface area contributed by atoms with Gasteiger partial charge < -0.3 is 10.2 Å². The first-order valence-electron chi connectivity index (χ1n) is 9.95. The van der Waals surface area contributed by atoms with Crippen molar-refractivity contribution in [2.75, 3.05) is 23.3 Å². The summed E-state index contributed by atoms with van der Waals surface area (Å²) in [6, 6.07) is 14.3. The number of rotatable bonds is 5. The summed E-state index contributed by atoms with van der Waals surface area (Å²) >= 11 is 1.57. The van der Waals surface area contributed by atoms with E-state index < -0.39 is 0 Å². The first-order chi connectivity index (χ1) is 14.6. The minimum absolute atomic E-state index is 0.0954. The quantitative estimate of drug-likeness (QED) is 0.632. The summed E-state index contributed by atoms with van der Waals surface area (Å²) in [6.07, 6.45) is 5.05. The number of halogens is 1. The lowest BCUT2D eigenvalue weighted by atomic mass is 9.97. The zero-order valence-electron chi connectivity index (χ0n) is 16.7. The van der Waals surface area contributed by atoms with Crippen LogP contribution in [0.25, 0.3) is 0 Å². The highest BCUT2D eigenvalue weighted by atomic mass is 32.2. The summed E-state index contributed by atoms with van der Waals surface area (Å²) in [7, 11) is 0. The second kappa shape index (κ2) is 9.26. The molecule has 1 amide bonds. The third-order valence-corrected chi connectivity index (χ3v) is 6.06. The van der Waals surface area contributed by atoms with E-state index >= 15 is 0 Å². The molecule has 1 aliphatic heterocycles. The van der Waals surface area contributed by atoms with Crippen molar-refractivity contribution in [2.24, 2.45) is 5.92 Å². The van der Waals surface area contributed by atoms with Crippen LogP contribution >= 0.6 is 11.8 Å². The van der Waals surface area contributed by atoms with E-state index in [1.807, 2.05) is 0 Å². The summed E-state index contributed by atoms with van der Waals surface area (Å²) in [5.74, 6) is 0.143. The van der Waals surface area contributed by atoms with Crippen LogP contribution in [0.3, 0.4) is 0 Å². The monoisotopic (exact) mass is 422 g/mol. The van der Waals surface area contributed by atoms with Crippen LogP contribution in [-0.2, 0) is 4.79 Å². The first kappa shape index (κ1) is 20.3. The maximum Gasteiger partial charge on any atom is 0.229 e. The number of carbonyl (C=O) groups is 1. The Bertz CT molecular complexity index is 1030. The van der Waals surface area contributed by atoms with E-state index in [4.69, 9.17) is 0 Å². The van der Waals surface area contributed by atoms with Crippen molar-refractivity contribution in [3.63, 3.8) is 0 Å². The van der Waals surface area contributed by atoms with E-state index in [2.05, 4.69) is 51.4 Å². The van der Waals surface area contributed by atoms with Crippen molar-refractivity contribution in [2.45, 2.75) is 29.7 Å². The number of carbonyl (C=O) groups excluding carboxylic acids is 1. The van der Waals surface area contributed by atoms with Crippen LogP contribution in [0.15, 0.2) is 70.8 Å². The van der Waals surface area contributed by atoms with Crippen molar-refractivity contribution in [3.8, 4) is 0 Å². The molecule has 1 N–H and O–H groups in total. The second-order valence-electron chi connectivity index (χ2n) is 7.38. The largest absolute Gasteiger partial charge is 0.354 e. The number of hydrogen-bond donors (Lipinski definition) is 1. The molecular formula is C23H23FN4OS. The number of aryl methyl sites for hydroxylation is 1. The summed E-state index contributed by atoms with van der Waals surface area (Å²) in [5, 5.41) is 3.66. The van der Waals surface area contributed by atoms with Crippen molar-refractivity contribution in [1.82, 2.24) is 9.97 Å². The molecule has 0 unspecified atom stereocenters. The van der Waals surface area contributed by atoms with Crippen LogP contribution in [-0.4, -0.2) is 29.0 Å². The van der Waals surface area contributed by atoms with E-state index in [1.165, 1.54) is 17.7 Å². The van der Waals surface area contributed by atoms with Crippen molar-refractivity contribution in [3.05, 3.63) is 72.3 Å². The van der Waals surface area contributed by atoms with E-state index in [0.717, 1.165) is 35.1 Å². The molecule has 0 spiro atoms. The number of benzene rings is 2. The number of nitrogens with one attached hydrogen (secondary N) is 1. The van der Waals surface area contributed by atoms with E-state index in [-0.39, 0.29) is 17.6 Å². The Kier molecular flexibility index (Phi) is 6.28. The molecule has 5 nitrogen and oxygen atoms in total. The molecule has 154 valence electrons. The lowest BCUT2D eigenvalue weighted by Gasteiger charge is -2.33. The second-order valence-corrected chi connectivity index (χ2v) is 8.45. The third kappa shape index (κ3) is 4.97.